The molecule has 1 aromatic rings. The lowest BCUT2D eigenvalue weighted by Crippen LogP contribution is -2.25. The molecule has 1 rings (SSSR count). The largest absolute Gasteiger partial charge is 0.351 e. The van der Waals surface area contributed by atoms with Crippen LogP contribution in [0.2, 0.25) is 0 Å². The minimum Gasteiger partial charge on any atom is -0.351 e. The molecule has 0 radical (unpaired) electrons. The molecule has 0 saturated heterocycles. The van der Waals surface area contributed by atoms with Crippen molar-refractivity contribution >= 4 is 33.6 Å². The van der Waals surface area contributed by atoms with E-state index in [0.717, 1.165) is 15.8 Å². The monoisotopic (exact) mass is 311 g/mol. The number of terminal acetylenes is 1. The first kappa shape index (κ1) is 14.1. The van der Waals surface area contributed by atoms with Gasteiger partial charge in [-0.1, -0.05) is 27.9 Å². The lowest BCUT2D eigenvalue weighted by Gasteiger charge is -2.06. The van der Waals surface area contributed by atoms with Crippen LogP contribution in [-0.2, 0) is 0 Å². The van der Waals surface area contributed by atoms with Crippen LogP contribution < -0.4 is 5.32 Å². The molecule has 1 amide bonds. The van der Waals surface area contributed by atoms with E-state index in [0.29, 0.717) is 17.9 Å². The van der Waals surface area contributed by atoms with Crippen LogP contribution >= 0.6 is 27.7 Å². The predicted molar refractivity (Wildman–Crippen MR) is 77.4 cm³/mol. The molecule has 17 heavy (non-hydrogen) atoms. The van der Waals surface area contributed by atoms with E-state index in [2.05, 4.69) is 27.2 Å². The number of hydrogen-bond acceptors (Lipinski definition) is 2. The second-order valence-corrected chi connectivity index (χ2v) is 5.44. The molecule has 0 aliphatic carbocycles. The maximum atomic E-state index is 11.8. The molecule has 0 fully saturated rings. The van der Waals surface area contributed by atoms with Crippen LogP contribution in [-0.4, -0.2) is 24.0 Å². The first-order valence-electron chi connectivity index (χ1n) is 5.20. The molecule has 2 nitrogen and oxygen atoms in total. The van der Waals surface area contributed by atoms with E-state index in [1.54, 1.807) is 11.8 Å². The molecule has 0 heterocycles. The summed E-state index contributed by atoms with van der Waals surface area (Å²) in [4.78, 5) is 11.8. The molecule has 0 saturated carbocycles. The summed E-state index contributed by atoms with van der Waals surface area (Å²) in [7, 11) is 0. The molecular weight excluding hydrogens is 298 g/mol. The summed E-state index contributed by atoms with van der Waals surface area (Å²) >= 11 is 5.05. The molecule has 0 spiro atoms. The standard InChI is InChI=1S/C13H14BrNOS/c1-3-7-17-8-6-15-13(16)11-5-4-10(2)12(14)9-11/h1,4-5,9H,6-8H2,2H3,(H,15,16). The Bertz CT molecular complexity index is 440. The molecule has 4 heteroatoms. The van der Waals surface area contributed by atoms with Gasteiger partial charge in [-0.2, -0.15) is 0 Å². The second-order valence-electron chi connectivity index (χ2n) is 3.48. The molecule has 0 aromatic heterocycles. The summed E-state index contributed by atoms with van der Waals surface area (Å²) in [5.41, 5.74) is 1.79. The maximum absolute atomic E-state index is 11.8. The van der Waals surface area contributed by atoms with Crippen LogP contribution in [0.4, 0.5) is 0 Å². The normalized spacial score (nSPS) is 9.71. The molecule has 0 bridgehead atoms. The van der Waals surface area contributed by atoms with E-state index >= 15 is 0 Å². The fourth-order valence-corrected chi connectivity index (χ4v) is 2.09. The van der Waals surface area contributed by atoms with E-state index < -0.39 is 0 Å². The fraction of sp³-hybridized carbons (Fsp3) is 0.308. The molecule has 0 unspecified atom stereocenters. The van der Waals surface area contributed by atoms with E-state index in [4.69, 9.17) is 6.42 Å². The average Bonchev–Trinajstić information content (AvgIpc) is 2.32. The van der Waals surface area contributed by atoms with Gasteiger partial charge in [-0.15, -0.1) is 18.2 Å². The summed E-state index contributed by atoms with van der Waals surface area (Å²) < 4.78 is 0.951. The zero-order valence-electron chi connectivity index (χ0n) is 9.63. The first-order valence-corrected chi connectivity index (χ1v) is 7.15. The number of benzene rings is 1. The lowest BCUT2D eigenvalue weighted by atomic mass is 10.1. The van der Waals surface area contributed by atoms with Crippen molar-refractivity contribution in [1.29, 1.82) is 0 Å². The number of thioether (sulfide) groups is 1. The van der Waals surface area contributed by atoms with Gasteiger partial charge in [-0.05, 0) is 24.6 Å². The van der Waals surface area contributed by atoms with Crippen LogP contribution in [0.1, 0.15) is 15.9 Å². The highest BCUT2D eigenvalue weighted by molar-refractivity contribution is 9.10. The molecular formula is C13H14BrNOS. The smallest absolute Gasteiger partial charge is 0.251 e. The number of carbonyl (C=O) groups is 1. The van der Waals surface area contributed by atoms with Gasteiger partial charge in [0.25, 0.3) is 5.91 Å². The van der Waals surface area contributed by atoms with Crippen molar-refractivity contribution in [3.8, 4) is 12.3 Å². The Morgan fingerprint density at radius 3 is 3.00 bits per heavy atom. The van der Waals surface area contributed by atoms with Crippen LogP contribution in [0.5, 0.6) is 0 Å². The minimum atomic E-state index is -0.0491. The number of carbonyl (C=O) groups excluding carboxylic acids is 1. The Morgan fingerprint density at radius 1 is 1.59 bits per heavy atom. The lowest BCUT2D eigenvalue weighted by molar-refractivity contribution is 0.0956. The van der Waals surface area contributed by atoms with Crippen LogP contribution in [0.25, 0.3) is 0 Å². The van der Waals surface area contributed by atoms with E-state index in [1.807, 2.05) is 25.1 Å². The van der Waals surface area contributed by atoms with Crippen LogP contribution in [0.15, 0.2) is 22.7 Å². The Labute approximate surface area is 115 Å². The SMILES string of the molecule is C#CCSCCNC(=O)c1ccc(C)c(Br)c1. The van der Waals surface area contributed by atoms with Crippen molar-refractivity contribution < 1.29 is 4.79 Å². The van der Waals surface area contributed by atoms with Crippen LogP contribution in [0.3, 0.4) is 0 Å². The molecule has 1 N–H and O–H groups in total. The average molecular weight is 312 g/mol. The van der Waals surface area contributed by atoms with Gasteiger partial charge in [-0.25, -0.2) is 0 Å². The van der Waals surface area contributed by atoms with Crippen molar-refractivity contribution in [2.75, 3.05) is 18.1 Å². The van der Waals surface area contributed by atoms with Gasteiger partial charge in [0.05, 0.1) is 5.75 Å². The summed E-state index contributed by atoms with van der Waals surface area (Å²) in [5, 5.41) is 2.86. The Hall–Kier alpha value is -0.920. The summed E-state index contributed by atoms with van der Waals surface area (Å²) in [6, 6.07) is 5.58. The second kappa shape index (κ2) is 7.41. The third-order valence-corrected chi connectivity index (χ3v) is 3.87. The number of nitrogens with one attached hydrogen (secondary N) is 1. The summed E-state index contributed by atoms with van der Waals surface area (Å²) in [6.45, 7) is 2.62. The number of halogens is 1. The summed E-state index contributed by atoms with van der Waals surface area (Å²) in [6.07, 6.45) is 5.13. The van der Waals surface area contributed by atoms with Crippen molar-refractivity contribution in [3.05, 3.63) is 33.8 Å². The molecule has 90 valence electrons. The third-order valence-electron chi connectivity index (χ3n) is 2.15. The van der Waals surface area contributed by atoms with Gasteiger partial charge in [0.15, 0.2) is 0 Å². The number of amides is 1. The van der Waals surface area contributed by atoms with E-state index in [1.165, 1.54) is 0 Å². The van der Waals surface area contributed by atoms with Crippen molar-refractivity contribution in [3.63, 3.8) is 0 Å². The first-order chi connectivity index (χ1) is 8.15. The molecule has 0 atom stereocenters. The Morgan fingerprint density at radius 2 is 2.35 bits per heavy atom. The predicted octanol–water partition coefficient (Wildman–Crippen LogP) is 2.85. The number of aryl methyl sites for hydroxylation is 1. The van der Waals surface area contributed by atoms with Crippen LogP contribution in [0, 0.1) is 19.3 Å². The van der Waals surface area contributed by atoms with Gasteiger partial charge in [-0.3, -0.25) is 4.79 Å². The summed E-state index contributed by atoms with van der Waals surface area (Å²) in [5.74, 6) is 4.02. The highest BCUT2D eigenvalue weighted by Gasteiger charge is 2.05. The molecule has 0 aliphatic rings. The third kappa shape index (κ3) is 4.84. The van der Waals surface area contributed by atoms with E-state index in [9.17, 15) is 4.79 Å². The fourth-order valence-electron chi connectivity index (χ4n) is 1.20. The van der Waals surface area contributed by atoms with Crippen molar-refractivity contribution in [2.45, 2.75) is 6.92 Å². The van der Waals surface area contributed by atoms with Gasteiger partial charge in [0.1, 0.15) is 0 Å². The highest BCUT2D eigenvalue weighted by atomic mass is 79.9. The van der Waals surface area contributed by atoms with Gasteiger partial charge >= 0.3 is 0 Å². The quantitative estimate of drug-likeness (QED) is 0.669. The zero-order valence-corrected chi connectivity index (χ0v) is 12.0. The van der Waals surface area contributed by atoms with Gasteiger partial charge in [0.2, 0.25) is 0 Å². The Kier molecular flexibility index (Phi) is 6.17. The topological polar surface area (TPSA) is 29.1 Å². The van der Waals surface area contributed by atoms with Gasteiger partial charge in [0, 0.05) is 22.3 Å². The highest BCUT2D eigenvalue weighted by Crippen LogP contribution is 2.17. The zero-order chi connectivity index (χ0) is 12.7. The molecule has 1 aromatic carbocycles. The maximum Gasteiger partial charge on any atom is 0.251 e. The minimum absolute atomic E-state index is 0.0491. The van der Waals surface area contributed by atoms with Gasteiger partial charge < -0.3 is 5.32 Å². The van der Waals surface area contributed by atoms with Crippen molar-refractivity contribution in [1.82, 2.24) is 5.32 Å². The van der Waals surface area contributed by atoms with E-state index in [-0.39, 0.29) is 5.91 Å². The number of hydrogen-bond donors (Lipinski definition) is 1. The van der Waals surface area contributed by atoms with Crippen molar-refractivity contribution in [2.24, 2.45) is 0 Å². The Balaban J connectivity index is 2.42. The molecule has 0 aliphatic heterocycles. The number of rotatable bonds is 5.